The second-order valence-electron chi connectivity index (χ2n) is 5.66. The smallest absolute Gasteiger partial charge is 0.226 e. The number of carbonyl (C=O) groups excluding carboxylic acids is 1. The van der Waals surface area contributed by atoms with E-state index in [1.165, 1.54) is 0 Å². The molecule has 0 saturated carbocycles. The van der Waals surface area contributed by atoms with Crippen LogP contribution in [0.25, 0.3) is 10.9 Å². The van der Waals surface area contributed by atoms with Crippen LogP contribution in [0.15, 0.2) is 18.2 Å². The molecular formula is C16H21N5O2. The second-order valence-corrected chi connectivity index (χ2v) is 5.66. The Bertz CT molecular complexity index is 734. The maximum atomic E-state index is 11.6. The Balaban J connectivity index is 1.84. The van der Waals surface area contributed by atoms with Gasteiger partial charge in [0.2, 0.25) is 11.9 Å². The maximum absolute atomic E-state index is 11.6. The van der Waals surface area contributed by atoms with E-state index in [9.17, 15) is 4.79 Å². The second kappa shape index (κ2) is 6.37. The zero-order chi connectivity index (χ0) is 16.4. The fraction of sp³-hybridized carbons (Fsp3) is 0.438. The summed E-state index contributed by atoms with van der Waals surface area (Å²) in [5.74, 6) is 1.29. The van der Waals surface area contributed by atoms with Crippen molar-refractivity contribution in [3.8, 4) is 5.75 Å². The normalized spacial score (nSPS) is 21.1. The van der Waals surface area contributed by atoms with Crippen LogP contribution in [-0.2, 0) is 4.79 Å². The van der Waals surface area contributed by atoms with E-state index in [4.69, 9.17) is 4.74 Å². The van der Waals surface area contributed by atoms with Gasteiger partial charge < -0.3 is 15.4 Å². The van der Waals surface area contributed by atoms with Crippen molar-refractivity contribution in [2.24, 2.45) is 0 Å². The average molecular weight is 315 g/mol. The molecule has 7 nitrogen and oxygen atoms in total. The monoisotopic (exact) mass is 315 g/mol. The molecule has 0 spiro atoms. The first kappa shape index (κ1) is 15.5. The number of fused-ring (bicyclic) bond motifs is 1. The molecule has 1 fully saturated rings. The number of aromatic nitrogens is 2. The Kier molecular flexibility index (Phi) is 4.29. The van der Waals surface area contributed by atoms with Gasteiger partial charge in [0.25, 0.3) is 0 Å². The molecule has 3 N–H and O–H groups in total. The minimum Gasteiger partial charge on any atom is -0.494 e. The molecule has 3 rings (SSSR count). The summed E-state index contributed by atoms with van der Waals surface area (Å²) in [4.78, 5) is 20.6. The number of amides is 1. The van der Waals surface area contributed by atoms with E-state index in [0.717, 1.165) is 22.3 Å². The predicted octanol–water partition coefficient (Wildman–Crippen LogP) is 1.53. The molecule has 2 unspecified atom stereocenters. The lowest BCUT2D eigenvalue weighted by molar-refractivity contribution is -0.123. The quantitative estimate of drug-likeness (QED) is 0.793. The summed E-state index contributed by atoms with van der Waals surface area (Å²) < 4.78 is 5.52. The standard InChI is InChI=1S/C16H21N5O2/c1-4-23-11-5-6-13-12(8-11)10(3)18-16(19-13)21-15-17-9(2)7-14(22)20-15/h5-6,8-9,15,17H,4,7H2,1-3H3,(H,20,22)(H,18,19,21). The lowest BCUT2D eigenvalue weighted by Gasteiger charge is -2.30. The number of ether oxygens (including phenoxy) is 1. The summed E-state index contributed by atoms with van der Waals surface area (Å²) in [5.41, 5.74) is 1.69. The first-order valence-electron chi connectivity index (χ1n) is 7.78. The van der Waals surface area contributed by atoms with E-state index in [1.54, 1.807) is 0 Å². The van der Waals surface area contributed by atoms with Gasteiger partial charge in [0.05, 0.1) is 17.8 Å². The number of nitrogens with zero attached hydrogens (tertiary/aromatic N) is 2. The van der Waals surface area contributed by atoms with E-state index >= 15 is 0 Å². The van der Waals surface area contributed by atoms with Gasteiger partial charge in [0, 0.05) is 17.8 Å². The molecule has 1 saturated heterocycles. The highest BCUT2D eigenvalue weighted by atomic mass is 16.5. The molecule has 2 atom stereocenters. The molecule has 1 aliphatic rings. The predicted molar refractivity (Wildman–Crippen MR) is 88.2 cm³/mol. The van der Waals surface area contributed by atoms with Gasteiger partial charge in [-0.2, -0.15) is 0 Å². The molecule has 0 bridgehead atoms. The van der Waals surface area contributed by atoms with Crippen LogP contribution in [0, 0.1) is 6.92 Å². The Morgan fingerprint density at radius 3 is 2.96 bits per heavy atom. The highest BCUT2D eigenvalue weighted by Gasteiger charge is 2.23. The van der Waals surface area contributed by atoms with Crippen LogP contribution in [-0.4, -0.2) is 34.8 Å². The summed E-state index contributed by atoms with van der Waals surface area (Å²) in [5, 5.41) is 10.1. The minimum atomic E-state index is -0.370. The van der Waals surface area contributed by atoms with Crippen molar-refractivity contribution in [3.05, 3.63) is 23.9 Å². The van der Waals surface area contributed by atoms with E-state index in [-0.39, 0.29) is 18.2 Å². The summed E-state index contributed by atoms with van der Waals surface area (Å²) in [6.45, 7) is 6.47. The van der Waals surface area contributed by atoms with Crippen molar-refractivity contribution in [2.45, 2.75) is 39.5 Å². The third kappa shape index (κ3) is 3.50. The molecular weight excluding hydrogens is 294 g/mol. The Hall–Kier alpha value is -2.41. The summed E-state index contributed by atoms with van der Waals surface area (Å²) in [6, 6.07) is 5.86. The number of nitrogens with one attached hydrogen (secondary N) is 3. The highest BCUT2D eigenvalue weighted by Crippen LogP contribution is 2.23. The van der Waals surface area contributed by atoms with Crippen LogP contribution in [0.2, 0.25) is 0 Å². The van der Waals surface area contributed by atoms with Crippen molar-refractivity contribution < 1.29 is 9.53 Å². The number of anilines is 1. The van der Waals surface area contributed by atoms with Gasteiger partial charge in [0.1, 0.15) is 5.75 Å². The number of rotatable bonds is 4. The lowest BCUT2D eigenvalue weighted by atomic mass is 10.2. The van der Waals surface area contributed by atoms with Crippen LogP contribution >= 0.6 is 0 Å². The molecule has 1 amide bonds. The summed E-state index contributed by atoms with van der Waals surface area (Å²) in [7, 11) is 0. The first-order chi connectivity index (χ1) is 11.0. The largest absolute Gasteiger partial charge is 0.494 e. The Morgan fingerprint density at radius 1 is 1.39 bits per heavy atom. The van der Waals surface area contributed by atoms with Crippen molar-refractivity contribution in [1.29, 1.82) is 0 Å². The topological polar surface area (TPSA) is 88.2 Å². The third-order valence-electron chi connectivity index (χ3n) is 3.69. The third-order valence-corrected chi connectivity index (χ3v) is 3.69. The molecule has 1 aromatic heterocycles. The van der Waals surface area contributed by atoms with Gasteiger partial charge in [-0.05, 0) is 39.0 Å². The van der Waals surface area contributed by atoms with Crippen molar-refractivity contribution in [1.82, 2.24) is 20.6 Å². The summed E-state index contributed by atoms with van der Waals surface area (Å²) in [6.07, 6.45) is 0.0986. The minimum absolute atomic E-state index is 0.00705. The number of benzene rings is 1. The number of carbonyl (C=O) groups is 1. The van der Waals surface area contributed by atoms with Gasteiger partial charge in [-0.25, -0.2) is 9.97 Å². The van der Waals surface area contributed by atoms with Gasteiger partial charge >= 0.3 is 0 Å². The van der Waals surface area contributed by atoms with Crippen LogP contribution < -0.4 is 20.7 Å². The van der Waals surface area contributed by atoms with Crippen LogP contribution in [0.3, 0.4) is 0 Å². The molecule has 0 aliphatic carbocycles. The molecule has 7 heteroatoms. The van der Waals surface area contributed by atoms with Crippen LogP contribution in [0.1, 0.15) is 26.0 Å². The number of hydrogen-bond donors (Lipinski definition) is 3. The van der Waals surface area contributed by atoms with Crippen LogP contribution in [0.5, 0.6) is 5.75 Å². The number of aryl methyl sites for hydroxylation is 1. The van der Waals surface area contributed by atoms with E-state index in [0.29, 0.717) is 19.0 Å². The fourth-order valence-electron chi connectivity index (χ4n) is 2.67. The van der Waals surface area contributed by atoms with Gasteiger partial charge in [0.15, 0.2) is 6.29 Å². The van der Waals surface area contributed by atoms with Crippen molar-refractivity contribution >= 4 is 22.8 Å². The maximum Gasteiger partial charge on any atom is 0.226 e. The van der Waals surface area contributed by atoms with Crippen LogP contribution in [0.4, 0.5) is 5.95 Å². The van der Waals surface area contributed by atoms with E-state index in [2.05, 4.69) is 25.9 Å². The lowest BCUT2D eigenvalue weighted by Crippen LogP contribution is -2.59. The summed E-state index contributed by atoms with van der Waals surface area (Å²) >= 11 is 0. The van der Waals surface area contributed by atoms with Crippen molar-refractivity contribution in [2.75, 3.05) is 11.9 Å². The average Bonchev–Trinajstić information content (AvgIpc) is 2.47. The molecule has 2 heterocycles. The van der Waals surface area contributed by atoms with Crippen molar-refractivity contribution in [3.63, 3.8) is 0 Å². The zero-order valence-corrected chi connectivity index (χ0v) is 13.5. The van der Waals surface area contributed by atoms with Gasteiger partial charge in [-0.3, -0.25) is 10.1 Å². The number of hydrogen-bond acceptors (Lipinski definition) is 6. The Labute approximate surface area is 134 Å². The highest BCUT2D eigenvalue weighted by molar-refractivity contribution is 5.83. The van der Waals surface area contributed by atoms with Gasteiger partial charge in [-0.1, -0.05) is 0 Å². The molecule has 23 heavy (non-hydrogen) atoms. The molecule has 0 radical (unpaired) electrons. The van der Waals surface area contributed by atoms with E-state index < -0.39 is 0 Å². The zero-order valence-electron chi connectivity index (χ0n) is 13.5. The molecule has 1 aromatic carbocycles. The first-order valence-corrected chi connectivity index (χ1v) is 7.78. The van der Waals surface area contributed by atoms with E-state index in [1.807, 2.05) is 39.0 Å². The molecule has 122 valence electrons. The molecule has 1 aliphatic heterocycles. The Morgan fingerprint density at radius 2 is 2.22 bits per heavy atom. The van der Waals surface area contributed by atoms with Gasteiger partial charge in [-0.15, -0.1) is 0 Å². The molecule has 2 aromatic rings. The fourth-order valence-corrected chi connectivity index (χ4v) is 2.67. The SMILES string of the molecule is CCOc1ccc2nc(NC3NC(=O)CC(C)N3)nc(C)c2c1.